The standard InChI is InChI=1S/C14H21N3O3S/c1-3-16-21(19,20)12-6-4-11(5-7-12)17-13(18)14(2)8-9-15-10-14/h4-7,15-16H,3,8-10H2,1-2H3,(H,17,18). The molecule has 1 aliphatic heterocycles. The van der Waals surface area contributed by atoms with Gasteiger partial charge in [0.25, 0.3) is 0 Å². The second kappa shape index (κ2) is 6.13. The van der Waals surface area contributed by atoms with Crippen LogP contribution in [0.2, 0.25) is 0 Å². The topological polar surface area (TPSA) is 87.3 Å². The number of carbonyl (C=O) groups excluding carboxylic acids is 1. The lowest BCUT2D eigenvalue weighted by atomic mass is 9.89. The second-order valence-corrected chi connectivity index (χ2v) is 7.23. The molecule has 1 heterocycles. The minimum absolute atomic E-state index is 0.0465. The average Bonchev–Trinajstić information content (AvgIpc) is 2.88. The molecule has 116 valence electrons. The van der Waals surface area contributed by atoms with Gasteiger partial charge in [-0.1, -0.05) is 6.92 Å². The van der Waals surface area contributed by atoms with Gasteiger partial charge >= 0.3 is 0 Å². The number of rotatable bonds is 5. The van der Waals surface area contributed by atoms with E-state index in [0.29, 0.717) is 18.8 Å². The van der Waals surface area contributed by atoms with E-state index in [4.69, 9.17) is 0 Å². The first-order valence-electron chi connectivity index (χ1n) is 6.99. The fourth-order valence-electron chi connectivity index (χ4n) is 2.28. The van der Waals surface area contributed by atoms with E-state index in [1.54, 1.807) is 19.1 Å². The molecule has 1 saturated heterocycles. The van der Waals surface area contributed by atoms with Crippen LogP contribution < -0.4 is 15.4 Å². The van der Waals surface area contributed by atoms with Crippen molar-refractivity contribution >= 4 is 21.6 Å². The molecule has 0 saturated carbocycles. The zero-order chi connectivity index (χ0) is 15.5. The van der Waals surface area contributed by atoms with Crippen LogP contribution in [-0.4, -0.2) is 34.0 Å². The Morgan fingerprint density at radius 1 is 1.33 bits per heavy atom. The molecular formula is C14H21N3O3S. The van der Waals surface area contributed by atoms with Gasteiger partial charge < -0.3 is 10.6 Å². The number of anilines is 1. The lowest BCUT2D eigenvalue weighted by Gasteiger charge is -2.21. The molecule has 0 radical (unpaired) electrons. The highest BCUT2D eigenvalue weighted by molar-refractivity contribution is 7.89. The Labute approximate surface area is 125 Å². The first-order chi connectivity index (χ1) is 9.87. The summed E-state index contributed by atoms with van der Waals surface area (Å²) in [5.74, 6) is -0.0465. The zero-order valence-corrected chi connectivity index (χ0v) is 13.1. The predicted molar refractivity (Wildman–Crippen MR) is 81.5 cm³/mol. The van der Waals surface area contributed by atoms with E-state index in [1.165, 1.54) is 12.1 Å². The number of hydrogen-bond acceptors (Lipinski definition) is 4. The maximum atomic E-state index is 12.2. The third-order valence-electron chi connectivity index (χ3n) is 3.67. The molecule has 0 aromatic heterocycles. The van der Waals surface area contributed by atoms with Crippen molar-refractivity contribution in [3.05, 3.63) is 24.3 Å². The van der Waals surface area contributed by atoms with E-state index >= 15 is 0 Å². The van der Waals surface area contributed by atoms with Crippen molar-refractivity contribution in [1.82, 2.24) is 10.0 Å². The van der Waals surface area contributed by atoms with Crippen molar-refractivity contribution in [3.8, 4) is 0 Å². The van der Waals surface area contributed by atoms with E-state index < -0.39 is 15.4 Å². The molecule has 1 fully saturated rings. The Morgan fingerprint density at radius 2 is 2.00 bits per heavy atom. The molecule has 1 aliphatic rings. The fourth-order valence-corrected chi connectivity index (χ4v) is 3.32. The third-order valence-corrected chi connectivity index (χ3v) is 5.24. The quantitative estimate of drug-likeness (QED) is 0.755. The van der Waals surface area contributed by atoms with E-state index in [0.717, 1.165) is 13.0 Å². The van der Waals surface area contributed by atoms with E-state index in [2.05, 4.69) is 15.4 Å². The number of nitrogens with one attached hydrogen (secondary N) is 3. The highest BCUT2D eigenvalue weighted by Gasteiger charge is 2.36. The normalized spacial score (nSPS) is 22.2. The fraction of sp³-hybridized carbons (Fsp3) is 0.500. The maximum absolute atomic E-state index is 12.2. The summed E-state index contributed by atoms with van der Waals surface area (Å²) in [7, 11) is -3.46. The summed E-state index contributed by atoms with van der Waals surface area (Å²) in [6, 6.07) is 6.19. The summed E-state index contributed by atoms with van der Waals surface area (Å²) < 4.78 is 26.1. The van der Waals surface area contributed by atoms with Gasteiger partial charge in [-0.2, -0.15) is 0 Å². The van der Waals surface area contributed by atoms with Crippen LogP contribution in [0.5, 0.6) is 0 Å². The molecule has 1 aromatic carbocycles. The molecule has 7 heteroatoms. The van der Waals surface area contributed by atoms with E-state index in [1.807, 2.05) is 6.92 Å². The van der Waals surface area contributed by atoms with Crippen LogP contribution in [0, 0.1) is 5.41 Å². The van der Waals surface area contributed by atoms with Crippen molar-refractivity contribution < 1.29 is 13.2 Å². The molecule has 0 spiro atoms. The Hall–Kier alpha value is -1.44. The number of carbonyl (C=O) groups is 1. The lowest BCUT2D eigenvalue weighted by Crippen LogP contribution is -2.35. The van der Waals surface area contributed by atoms with Crippen LogP contribution in [0.25, 0.3) is 0 Å². The minimum Gasteiger partial charge on any atom is -0.326 e. The highest BCUT2D eigenvalue weighted by atomic mass is 32.2. The number of benzene rings is 1. The number of hydrogen-bond donors (Lipinski definition) is 3. The van der Waals surface area contributed by atoms with E-state index in [9.17, 15) is 13.2 Å². The monoisotopic (exact) mass is 311 g/mol. The van der Waals surface area contributed by atoms with Crippen LogP contribution in [-0.2, 0) is 14.8 Å². The van der Waals surface area contributed by atoms with E-state index in [-0.39, 0.29) is 10.8 Å². The summed E-state index contributed by atoms with van der Waals surface area (Å²) in [6.07, 6.45) is 0.797. The predicted octanol–water partition coefficient (Wildman–Crippen LogP) is 0.923. The summed E-state index contributed by atoms with van der Waals surface area (Å²) in [6.45, 7) is 5.48. The van der Waals surface area contributed by atoms with Crippen LogP contribution >= 0.6 is 0 Å². The smallest absolute Gasteiger partial charge is 0.240 e. The van der Waals surface area contributed by atoms with Gasteiger partial charge in [-0.3, -0.25) is 4.79 Å². The number of amides is 1. The largest absolute Gasteiger partial charge is 0.326 e. The third kappa shape index (κ3) is 3.61. The Kier molecular flexibility index (Phi) is 4.65. The first kappa shape index (κ1) is 15.9. The minimum atomic E-state index is -3.46. The summed E-state index contributed by atoms with van der Waals surface area (Å²) in [5.41, 5.74) is 0.192. The van der Waals surface area contributed by atoms with Gasteiger partial charge in [0, 0.05) is 18.8 Å². The van der Waals surface area contributed by atoms with Crippen molar-refractivity contribution in [2.75, 3.05) is 25.0 Å². The Balaban J connectivity index is 2.08. The van der Waals surface area contributed by atoms with Crippen LogP contribution in [0.1, 0.15) is 20.3 Å². The first-order valence-corrected chi connectivity index (χ1v) is 8.48. The van der Waals surface area contributed by atoms with Crippen molar-refractivity contribution in [1.29, 1.82) is 0 Å². The Morgan fingerprint density at radius 3 is 2.52 bits per heavy atom. The van der Waals surface area contributed by atoms with Gasteiger partial charge in [0.15, 0.2) is 0 Å². The second-order valence-electron chi connectivity index (χ2n) is 5.47. The lowest BCUT2D eigenvalue weighted by molar-refractivity contribution is -0.123. The molecule has 2 rings (SSSR count). The van der Waals surface area contributed by atoms with Gasteiger partial charge in [0.05, 0.1) is 10.3 Å². The number of sulfonamides is 1. The van der Waals surface area contributed by atoms with Crippen LogP contribution in [0.3, 0.4) is 0 Å². The maximum Gasteiger partial charge on any atom is 0.240 e. The molecule has 3 N–H and O–H groups in total. The molecule has 6 nitrogen and oxygen atoms in total. The summed E-state index contributed by atoms with van der Waals surface area (Å²) >= 11 is 0. The van der Waals surface area contributed by atoms with Crippen molar-refractivity contribution in [3.63, 3.8) is 0 Å². The summed E-state index contributed by atoms with van der Waals surface area (Å²) in [5, 5.41) is 6.02. The van der Waals surface area contributed by atoms with Gasteiger partial charge in [-0.25, -0.2) is 13.1 Å². The molecule has 21 heavy (non-hydrogen) atoms. The van der Waals surface area contributed by atoms with Gasteiger partial charge in [-0.05, 0) is 44.2 Å². The Bertz CT molecular complexity index is 605. The molecular weight excluding hydrogens is 290 g/mol. The van der Waals surface area contributed by atoms with Crippen LogP contribution in [0.15, 0.2) is 29.2 Å². The van der Waals surface area contributed by atoms with Crippen LogP contribution in [0.4, 0.5) is 5.69 Å². The molecule has 1 amide bonds. The average molecular weight is 311 g/mol. The molecule has 0 aliphatic carbocycles. The van der Waals surface area contributed by atoms with Gasteiger partial charge in [0.1, 0.15) is 0 Å². The van der Waals surface area contributed by atoms with Crippen molar-refractivity contribution in [2.45, 2.75) is 25.2 Å². The molecule has 1 aromatic rings. The molecule has 1 unspecified atom stereocenters. The highest BCUT2D eigenvalue weighted by Crippen LogP contribution is 2.26. The van der Waals surface area contributed by atoms with Gasteiger partial charge in [0.2, 0.25) is 15.9 Å². The SMILES string of the molecule is CCNS(=O)(=O)c1ccc(NC(=O)C2(C)CCNC2)cc1. The summed E-state index contributed by atoms with van der Waals surface area (Å²) in [4.78, 5) is 12.4. The molecule has 0 bridgehead atoms. The zero-order valence-electron chi connectivity index (χ0n) is 12.3. The molecule has 1 atom stereocenters. The van der Waals surface area contributed by atoms with Crippen molar-refractivity contribution in [2.24, 2.45) is 5.41 Å². The van der Waals surface area contributed by atoms with Gasteiger partial charge in [-0.15, -0.1) is 0 Å².